The molecule has 5 nitrogen and oxygen atoms in total. The molecule has 0 fully saturated rings. The minimum absolute atomic E-state index is 0.200. The third-order valence-corrected chi connectivity index (χ3v) is 3.44. The van der Waals surface area contributed by atoms with Crippen LogP contribution in [0.5, 0.6) is 0 Å². The molecule has 5 heteroatoms. The molecule has 1 aromatic heterocycles. The van der Waals surface area contributed by atoms with Crippen LogP contribution in [0.1, 0.15) is 0 Å². The molecule has 1 heterocycles. The zero-order valence-electron chi connectivity index (χ0n) is 12.0. The topological polar surface area (TPSA) is 61.2 Å². The molecule has 0 unspecified atom stereocenters. The van der Waals surface area contributed by atoms with E-state index in [1.807, 2.05) is 42.5 Å². The smallest absolute Gasteiger partial charge is 0.327 e. The summed E-state index contributed by atoms with van der Waals surface area (Å²) in [4.78, 5) is 23.2. The van der Waals surface area contributed by atoms with Crippen LogP contribution >= 0.6 is 0 Å². The first-order chi connectivity index (χ1) is 10.7. The van der Waals surface area contributed by atoms with E-state index in [4.69, 9.17) is 0 Å². The van der Waals surface area contributed by atoms with Crippen molar-refractivity contribution in [3.63, 3.8) is 0 Å². The van der Waals surface area contributed by atoms with Crippen LogP contribution in [0.25, 0.3) is 22.0 Å². The Balaban J connectivity index is 2.13. The third kappa shape index (κ3) is 2.61. The fourth-order valence-electron chi connectivity index (χ4n) is 2.34. The van der Waals surface area contributed by atoms with Gasteiger partial charge in [0, 0.05) is 11.6 Å². The zero-order valence-corrected chi connectivity index (χ0v) is 12.0. The number of aromatic nitrogens is 2. The van der Waals surface area contributed by atoms with Crippen LogP contribution in [0.2, 0.25) is 0 Å². The van der Waals surface area contributed by atoms with Gasteiger partial charge in [-0.15, -0.1) is 0 Å². The maximum absolute atomic E-state index is 11.8. The van der Waals surface area contributed by atoms with Crippen LogP contribution in [0.15, 0.2) is 59.4 Å². The van der Waals surface area contributed by atoms with Crippen molar-refractivity contribution in [2.24, 2.45) is 0 Å². The van der Waals surface area contributed by atoms with Crippen molar-refractivity contribution in [3.8, 4) is 11.3 Å². The highest BCUT2D eigenvalue weighted by molar-refractivity contribution is 5.95. The molecule has 2 aromatic carbocycles. The summed E-state index contributed by atoms with van der Waals surface area (Å²) in [6.07, 6.45) is 0. The van der Waals surface area contributed by atoms with Crippen LogP contribution in [0.3, 0.4) is 0 Å². The summed E-state index contributed by atoms with van der Waals surface area (Å²) in [5.41, 5.74) is 1.21. The summed E-state index contributed by atoms with van der Waals surface area (Å²) in [5.74, 6) is -0.510. The van der Waals surface area contributed by atoms with Gasteiger partial charge in [-0.3, -0.25) is 9.59 Å². The molecule has 110 valence electrons. The Morgan fingerprint density at radius 1 is 1.09 bits per heavy atom. The van der Waals surface area contributed by atoms with Gasteiger partial charge in [-0.25, -0.2) is 4.68 Å². The van der Waals surface area contributed by atoms with E-state index in [9.17, 15) is 9.59 Å². The summed E-state index contributed by atoms with van der Waals surface area (Å²) < 4.78 is 5.70. The number of hydrogen-bond acceptors (Lipinski definition) is 4. The molecule has 0 N–H and O–H groups in total. The summed E-state index contributed by atoms with van der Waals surface area (Å²) in [7, 11) is 1.28. The predicted octanol–water partition coefficient (Wildman–Crippen LogP) is 2.24. The van der Waals surface area contributed by atoms with Crippen LogP contribution in [-0.2, 0) is 16.1 Å². The molecule has 0 aliphatic rings. The first-order valence-corrected chi connectivity index (χ1v) is 6.82. The van der Waals surface area contributed by atoms with E-state index < -0.39 is 5.97 Å². The predicted molar refractivity (Wildman–Crippen MR) is 83.5 cm³/mol. The lowest BCUT2D eigenvalue weighted by Gasteiger charge is -2.08. The number of esters is 1. The van der Waals surface area contributed by atoms with Crippen molar-refractivity contribution < 1.29 is 9.53 Å². The van der Waals surface area contributed by atoms with Crippen molar-refractivity contribution >= 4 is 16.7 Å². The Morgan fingerprint density at radius 2 is 1.86 bits per heavy atom. The Morgan fingerprint density at radius 3 is 2.68 bits per heavy atom. The quantitative estimate of drug-likeness (QED) is 0.695. The number of fused-ring (bicyclic) bond motifs is 1. The normalized spacial score (nSPS) is 10.6. The second kappa shape index (κ2) is 5.81. The van der Waals surface area contributed by atoms with Gasteiger partial charge in [0.1, 0.15) is 6.54 Å². The first-order valence-electron chi connectivity index (χ1n) is 6.82. The highest BCUT2D eigenvalue weighted by Gasteiger charge is 2.09. The van der Waals surface area contributed by atoms with E-state index in [1.165, 1.54) is 13.2 Å². The van der Waals surface area contributed by atoms with Gasteiger partial charge in [0.05, 0.1) is 12.8 Å². The van der Waals surface area contributed by atoms with Crippen molar-refractivity contribution in [2.45, 2.75) is 6.54 Å². The second-order valence-electron chi connectivity index (χ2n) is 4.82. The largest absolute Gasteiger partial charge is 0.468 e. The third-order valence-electron chi connectivity index (χ3n) is 3.44. The molecule has 3 rings (SSSR count). The van der Waals surface area contributed by atoms with E-state index in [-0.39, 0.29) is 12.1 Å². The molecule has 0 aliphatic carbocycles. The van der Waals surface area contributed by atoms with Crippen LogP contribution < -0.4 is 5.56 Å². The molecule has 0 atom stereocenters. The van der Waals surface area contributed by atoms with E-state index in [1.54, 1.807) is 6.07 Å². The van der Waals surface area contributed by atoms with E-state index >= 15 is 0 Å². The van der Waals surface area contributed by atoms with Gasteiger partial charge in [-0.05, 0) is 16.8 Å². The minimum Gasteiger partial charge on any atom is -0.468 e. The van der Waals surface area contributed by atoms with Gasteiger partial charge >= 0.3 is 5.97 Å². The highest BCUT2D eigenvalue weighted by atomic mass is 16.5. The van der Waals surface area contributed by atoms with Gasteiger partial charge in [-0.1, -0.05) is 42.5 Å². The van der Waals surface area contributed by atoms with Crippen molar-refractivity contribution in [1.82, 2.24) is 9.78 Å². The summed E-state index contributed by atoms with van der Waals surface area (Å²) in [6, 6.07) is 16.9. The SMILES string of the molecule is COC(=O)Cn1nc(-c2cccc3ccccc23)ccc1=O. The molecule has 0 saturated heterocycles. The number of carbonyl (C=O) groups is 1. The number of rotatable bonds is 3. The number of hydrogen-bond donors (Lipinski definition) is 0. The average Bonchev–Trinajstić information content (AvgIpc) is 2.56. The molecule has 0 bridgehead atoms. The summed E-state index contributed by atoms with van der Waals surface area (Å²) >= 11 is 0. The monoisotopic (exact) mass is 294 g/mol. The standard InChI is InChI=1S/C17H14N2O3/c1-22-17(21)11-19-16(20)10-9-15(18-19)14-8-4-6-12-5-2-3-7-13(12)14/h2-10H,11H2,1H3. The van der Waals surface area contributed by atoms with Gasteiger partial charge in [0.25, 0.3) is 5.56 Å². The summed E-state index contributed by atoms with van der Waals surface area (Å²) in [5, 5.41) is 6.42. The van der Waals surface area contributed by atoms with E-state index in [0.717, 1.165) is 21.0 Å². The minimum atomic E-state index is -0.510. The number of nitrogens with zero attached hydrogens (tertiary/aromatic N) is 2. The number of benzene rings is 2. The van der Waals surface area contributed by atoms with Crippen LogP contribution in [0, 0.1) is 0 Å². The number of ether oxygens (including phenoxy) is 1. The fourth-order valence-corrected chi connectivity index (χ4v) is 2.34. The molecule has 0 aliphatic heterocycles. The molecular formula is C17H14N2O3. The molecule has 22 heavy (non-hydrogen) atoms. The molecule has 0 saturated carbocycles. The number of methoxy groups -OCH3 is 1. The van der Waals surface area contributed by atoms with E-state index in [0.29, 0.717) is 5.69 Å². The Kier molecular flexibility index (Phi) is 3.70. The zero-order chi connectivity index (χ0) is 15.5. The van der Waals surface area contributed by atoms with Crippen molar-refractivity contribution in [3.05, 3.63) is 65.0 Å². The maximum atomic E-state index is 11.8. The number of carbonyl (C=O) groups excluding carboxylic acids is 1. The summed E-state index contributed by atoms with van der Waals surface area (Å²) in [6.45, 7) is -0.200. The Bertz CT molecular complexity index is 894. The molecule has 0 amide bonds. The molecular weight excluding hydrogens is 280 g/mol. The Hall–Kier alpha value is -2.95. The molecule has 3 aromatic rings. The maximum Gasteiger partial charge on any atom is 0.327 e. The molecule has 0 spiro atoms. The van der Waals surface area contributed by atoms with E-state index in [2.05, 4.69) is 9.84 Å². The fraction of sp³-hybridized carbons (Fsp3) is 0.118. The lowest BCUT2D eigenvalue weighted by molar-refractivity contribution is -0.141. The highest BCUT2D eigenvalue weighted by Crippen LogP contribution is 2.26. The average molecular weight is 294 g/mol. The first kappa shape index (κ1) is 14.0. The van der Waals surface area contributed by atoms with Crippen LogP contribution in [0.4, 0.5) is 0 Å². The van der Waals surface area contributed by atoms with Crippen LogP contribution in [-0.4, -0.2) is 22.9 Å². The van der Waals surface area contributed by atoms with Gasteiger partial charge in [0.15, 0.2) is 0 Å². The molecule has 0 radical (unpaired) electrons. The van der Waals surface area contributed by atoms with Crippen molar-refractivity contribution in [1.29, 1.82) is 0 Å². The lowest BCUT2D eigenvalue weighted by Crippen LogP contribution is -2.26. The second-order valence-corrected chi connectivity index (χ2v) is 4.82. The van der Waals surface area contributed by atoms with Gasteiger partial charge in [0.2, 0.25) is 0 Å². The Labute approximate surface area is 126 Å². The van der Waals surface area contributed by atoms with Gasteiger partial charge < -0.3 is 4.74 Å². The van der Waals surface area contributed by atoms with Gasteiger partial charge in [-0.2, -0.15) is 5.10 Å². The lowest BCUT2D eigenvalue weighted by atomic mass is 10.0. The van der Waals surface area contributed by atoms with Crippen molar-refractivity contribution in [2.75, 3.05) is 7.11 Å².